The number of nitrogens with zero attached hydrogens (tertiary/aromatic N) is 3. The first kappa shape index (κ1) is 20.7. The third-order valence-corrected chi connectivity index (χ3v) is 7.06. The molecular weight excluding hydrogens is 448 g/mol. The van der Waals surface area contributed by atoms with Gasteiger partial charge in [0.1, 0.15) is 0 Å². The van der Waals surface area contributed by atoms with Crippen LogP contribution in [-0.4, -0.2) is 27.2 Å². The van der Waals surface area contributed by atoms with Gasteiger partial charge in [-0.2, -0.15) is 4.98 Å². The Morgan fingerprint density at radius 2 is 2.17 bits per heavy atom. The van der Waals surface area contributed by atoms with Gasteiger partial charge in [0.05, 0.1) is 0 Å². The van der Waals surface area contributed by atoms with Crippen molar-refractivity contribution in [2.75, 3.05) is 11.1 Å². The highest BCUT2D eigenvalue weighted by Crippen LogP contribution is 2.41. The van der Waals surface area contributed by atoms with Gasteiger partial charge in [-0.15, -0.1) is 10.2 Å². The molecule has 0 unspecified atom stereocenters. The van der Waals surface area contributed by atoms with E-state index in [0.29, 0.717) is 28.6 Å². The average Bonchev–Trinajstić information content (AvgIpc) is 2.84. The van der Waals surface area contributed by atoms with Gasteiger partial charge in [0.2, 0.25) is 11.0 Å². The second-order valence-electron chi connectivity index (χ2n) is 7.95. The predicted molar refractivity (Wildman–Crippen MR) is 122 cm³/mol. The molecule has 0 spiro atoms. The standard InChI is InChI=1S/C22H27BrN4OS/c1-4-5-10-29-22-25-21-19(26-27-22)17-12-15(23)7-9-18(17)24-20(28-21)16-8-6-13(2)11-14(16)3/h6-7,9,12,14,16,20,24H,4-5,8,10-11H2,1-3H3/t14-,16-,20+/m0/s1. The number of allylic oxidation sites excluding steroid dienone is 2. The zero-order chi connectivity index (χ0) is 20.4. The van der Waals surface area contributed by atoms with Crippen molar-refractivity contribution in [1.29, 1.82) is 0 Å². The summed E-state index contributed by atoms with van der Waals surface area (Å²) in [5.41, 5.74) is 4.15. The van der Waals surface area contributed by atoms with Crippen molar-refractivity contribution in [3.63, 3.8) is 0 Å². The molecule has 1 aromatic carbocycles. The summed E-state index contributed by atoms with van der Waals surface area (Å²) >= 11 is 5.23. The van der Waals surface area contributed by atoms with E-state index >= 15 is 0 Å². The topological polar surface area (TPSA) is 59.9 Å². The van der Waals surface area contributed by atoms with Crippen molar-refractivity contribution in [1.82, 2.24) is 15.2 Å². The van der Waals surface area contributed by atoms with E-state index in [9.17, 15) is 0 Å². The van der Waals surface area contributed by atoms with E-state index in [-0.39, 0.29) is 6.23 Å². The number of thioether (sulfide) groups is 1. The van der Waals surface area contributed by atoms with E-state index in [1.54, 1.807) is 11.8 Å². The van der Waals surface area contributed by atoms with Gasteiger partial charge in [-0.3, -0.25) is 0 Å². The molecule has 1 N–H and O–H groups in total. The summed E-state index contributed by atoms with van der Waals surface area (Å²) in [6.45, 7) is 6.71. The van der Waals surface area contributed by atoms with Crippen LogP contribution in [0.1, 0.15) is 46.5 Å². The first-order valence-electron chi connectivity index (χ1n) is 10.3. The van der Waals surface area contributed by atoms with Gasteiger partial charge in [0.25, 0.3) is 0 Å². The molecule has 0 amide bonds. The van der Waals surface area contributed by atoms with Crippen LogP contribution in [0.5, 0.6) is 5.88 Å². The third kappa shape index (κ3) is 4.61. The summed E-state index contributed by atoms with van der Waals surface area (Å²) in [5.74, 6) is 2.47. The van der Waals surface area contributed by atoms with Crippen molar-refractivity contribution in [3.05, 3.63) is 34.3 Å². The zero-order valence-electron chi connectivity index (χ0n) is 17.1. The molecule has 0 saturated heterocycles. The van der Waals surface area contributed by atoms with Gasteiger partial charge in [0.15, 0.2) is 11.9 Å². The molecule has 0 radical (unpaired) electrons. The summed E-state index contributed by atoms with van der Waals surface area (Å²) in [4.78, 5) is 4.76. The van der Waals surface area contributed by atoms with Crippen LogP contribution in [0.25, 0.3) is 11.3 Å². The van der Waals surface area contributed by atoms with Crippen LogP contribution in [0.4, 0.5) is 5.69 Å². The molecule has 29 heavy (non-hydrogen) atoms. The molecule has 2 aromatic rings. The van der Waals surface area contributed by atoms with Crippen LogP contribution in [0.15, 0.2) is 39.5 Å². The quantitative estimate of drug-likeness (QED) is 0.310. The molecule has 1 aliphatic carbocycles. The van der Waals surface area contributed by atoms with Crippen molar-refractivity contribution in [2.45, 2.75) is 57.8 Å². The Morgan fingerprint density at radius 1 is 1.31 bits per heavy atom. The number of anilines is 1. The van der Waals surface area contributed by atoms with Gasteiger partial charge in [-0.1, -0.05) is 59.6 Å². The number of hydrogen-bond donors (Lipinski definition) is 1. The van der Waals surface area contributed by atoms with E-state index in [2.05, 4.69) is 70.4 Å². The zero-order valence-corrected chi connectivity index (χ0v) is 19.5. The van der Waals surface area contributed by atoms with Gasteiger partial charge in [-0.25, -0.2) is 0 Å². The molecule has 2 heterocycles. The molecule has 0 saturated carbocycles. The van der Waals surface area contributed by atoms with E-state index in [4.69, 9.17) is 9.72 Å². The second-order valence-corrected chi connectivity index (χ2v) is 9.93. The highest BCUT2D eigenvalue weighted by Gasteiger charge is 2.34. The number of nitrogens with one attached hydrogen (secondary N) is 1. The fourth-order valence-corrected chi connectivity index (χ4v) is 5.21. The minimum Gasteiger partial charge on any atom is -0.452 e. The molecule has 3 atom stereocenters. The molecule has 1 aliphatic heterocycles. The highest BCUT2D eigenvalue weighted by molar-refractivity contribution is 9.10. The Balaban J connectivity index is 1.71. The van der Waals surface area contributed by atoms with Crippen molar-refractivity contribution in [3.8, 4) is 17.1 Å². The van der Waals surface area contributed by atoms with Crippen molar-refractivity contribution >= 4 is 33.4 Å². The van der Waals surface area contributed by atoms with E-state index in [1.807, 2.05) is 6.07 Å². The summed E-state index contributed by atoms with van der Waals surface area (Å²) < 4.78 is 7.48. The van der Waals surface area contributed by atoms with E-state index in [0.717, 1.165) is 47.2 Å². The molecule has 1 aromatic heterocycles. The van der Waals surface area contributed by atoms with E-state index in [1.165, 1.54) is 5.57 Å². The molecule has 4 rings (SSSR count). The lowest BCUT2D eigenvalue weighted by Gasteiger charge is -2.34. The lowest BCUT2D eigenvalue weighted by Crippen LogP contribution is -2.39. The predicted octanol–water partition coefficient (Wildman–Crippen LogP) is 6.32. The Labute approximate surface area is 185 Å². The van der Waals surface area contributed by atoms with Crippen molar-refractivity contribution < 1.29 is 4.74 Å². The largest absolute Gasteiger partial charge is 0.452 e. The second kappa shape index (κ2) is 9.04. The normalized spacial score (nSPS) is 23.2. The van der Waals surface area contributed by atoms with Crippen molar-refractivity contribution in [2.24, 2.45) is 11.8 Å². The van der Waals surface area contributed by atoms with Crippen LogP contribution in [0.2, 0.25) is 0 Å². The Morgan fingerprint density at radius 3 is 2.97 bits per heavy atom. The maximum atomic E-state index is 6.49. The fourth-order valence-electron chi connectivity index (χ4n) is 3.99. The summed E-state index contributed by atoms with van der Waals surface area (Å²) in [6.07, 6.45) is 6.59. The van der Waals surface area contributed by atoms with Crippen LogP contribution < -0.4 is 10.1 Å². The first-order valence-corrected chi connectivity index (χ1v) is 12.1. The number of benzene rings is 1. The van der Waals surface area contributed by atoms with Crippen LogP contribution in [-0.2, 0) is 0 Å². The molecular formula is C22H27BrN4OS. The Kier molecular flexibility index (Phi) is 6.44. The SMILES string of the molecule is CCCCSc1nnc2c(n1)O[C@H]([C@H]1CC=C(C)C[C@@H]1C)Nc1ccc(Br)cc1-2. The molecule has 154 valence electrons. The third-order valence-electron chi connectivity index (χ3n) is 5.64. The monoisotopic (exact) mass is 474 g/mol. The lowest BCUT2D eigenvalue weighted by molar-refractivity contribution is 0.114. The fraction of sp³-hybridized carbons (Fsp3) is 0.500. The van der Waals surface area contributed by atoms with E-state index < -0.39 is 0 Å². The summed E-state index contributed by atoms with van der Waals surface area (Å²) in [7, 11) is 0. The van der Waals surface area contributed by atoms with Gasteiger partial charge < -0.3 is 10.1 Å². The number of rotatable bonds is 5. The first-order chi connectivity index (χ1) is 14.0. The number of unbranched alkanes of at least 4 members (excludes halogenated alkanes) is 1. The number of aromatic nitrogens is 3. The Hall–Kier alpha value is -1.60. The van der Waals surface area contributed by atoms with Crippen LogP contribution in [0, 0.1) is 11.8 Å². The van der Waals surface area contributed by atoms with Gasteiger partial charge >= 0.3 is 0 Å². The van der Waals surface area contributed by atoms with Crippen LogP contribution in [0.3, 0.4) is 0 Å². The minimum atomic E-state index is -0.152. The number of hydrogen-bond acceptors (Lipinski definition) is 6. The van der Waals surface area contributed by atoms with Gasteiger partial charge in [-0.05, 0) is 50.3 Å². The summed E-state index contributed by atoms with van der Waals surface area (Å²) in [6, 6.07) is 6.17. The smallest absolute Gasteiger partial charge is 0.247 e. The number of halogens is 1. The maximum absolute atomic E-state index is 6.49. The Bertz CT molecular complexity index is 920. The minimum absolute atomic E-state index is 0.152. The summed E-state index contributed by atoms with van der Waals surface area (Å²) in [5, 5.41) is 13.2. The maximum Gasteiger partial charge on any atom is 0.247 e. The molecule has 5 nitrogen and oxygen atoms in total. The molecule has 7 heteroatoms. The average molecular weight is 475 g/mol. The molecule has 2 aliphatic rings. The lowest BCUT2D eigenvalue weighted by atomic mass is 9.80. The van der Waals surface area contributed by atoms with Gasteiger partial charge in [0, 0.05) is 27.4 Å². The highest BCUT2D eigenvalue weighted by atomic mass is 79.9. The molecule has 0 fully saturated rings. The van der Waals surface area contributed by atoms with Crippen LogP contribution >= 0.6 is 27.7 Å². The number of fused-ring (bicyclic) bond motifs is 3. The molecule has 0 bridgehead atoms. The number of ether oxygens (including phenoxy) is 1.